The summed E-state index contributed by atoms with van der Waals surface area (Å²) in [5.41, 5.74) is 0.144. The van der Waals surface area contributed by atoms with E-state index in [0.29, 0.717) is 13.2 Å². The number of hydrogen-bond acceptors (Lipinski definition) is 4. The van der Waals surface area contributed by atoms with Crippen molar-refractivity contribution in [1.29, 1.82) is 0 Å². The predicted octanol–water partition coefficient (Wildman–Crippen LogP) is 1.18. The molecule has 1 saturated carbocycles. The molecule has 2 atom stereocenters. The first kappa shape index (κ1) is 11.5. The smallest absolute Gasteiger partial charge is 0.276 e. The predicted molar refractivity (Wildman–Crippen MR) is 64.3 cm³/mol. The first-order valence-corrected chi connectivity index (χ1v) is 6.34. The molecule has 1 aromatic rings. The molecular weight excluding hydrogens is 232 g/mol. The van der Waals surface area contributed by atoms with Gasteiger partial charge >= 0.3 is 0 Å². The Morgan fingerprint density at radius 2 is 2.39 bits per heavy atom. The van der Waals surface area contributed by atoms with Crippen LogP contribution in [0.25, 0.3) is 0 Å². The minimum atomic E-state index is -0.187. The molecule has 0 bridgehead atoms. The van der Waals surface area contributed by atoms with Crippen LogP contribution in [0.2, 0.25) is 0 Å². The Kier molecular flexibility index (Phi) is 2.91. The van der Waals surface area contributed by atoms with Gasteiger partial charge in [-0.25, -0.2) is 4.98 Å². The molecular formula is C13H16N2O3. The fourth-order valence-electron chi connectivity index (χ4n) is 2.88. The Morgan fingerprint density at radius 1 is 1.50 bits per heavy atom. The van der Waals surface area contributed by atoms with E-state index in [1.165, 1.54) is 12.3 Å². The van der Waals surface area contributed by atoms with E-state index in [-0.39, 0.29) is 29.5 Å². The van der Waals surface area contributed by atoms with E-state index >= 15 is 0 Å². The van der Waals surface area contributed by atoms with E-state index in [9.17, 15) is 9.90 Å². The van der Waals surface area contributed by atoms with Crippen LogP contribution in [0.5, 0.6) is 5.75 Å². The van der Waals surface area contributed by atoms with Gasteiger partial charge in [0.15, 0.2) is 5.69 Å². The van der Waals surface area contributed by atoms with Crippen LogP contribution in [0.15, 0.2) is 18.3 Å². The molecule has 0 aromatic carbocycles. The van der Waals surface area contributed by atoms with Crippen molar-refractivity contribution in [3.05, 3.63) is 24.0 Å². The average Bonchev–Trinajstić information content (AvgIpc) is 2.86. The molecule has 2 fully saturated rings. The van der Waals surface area contributed by atoms with E-state index in [1.54, 1.807) is 6.07 Å². The maximum atomic E-state index is 12.4. The molecule has 5 heteroatoms. The molecule has 2 unspecified atom stereocenters. The van der Waals surface area contributed by atoms with Gasteiger partial charge in [-0.2, -0.15) is 0 Å². The van der Waals surface area contributed by atoms with Crippen LogP contribution in [-0.2, 0) is 4.74 Å². The highest BCUT2D eigenvalue weighted by Gasteiger charge is 2.39. The third-order valence-electron chi connectivity index (χ3n) is 3.73. The molecule has 1 saturated heterocycles. The number of rotatable bonds is 1. The fourth-order valence-corrected chi connectivity index (χ4v) is 2.88. The number of nitrogens with zero attached hydrogens (tertiary/aromatic N) is 2. The topological polar surface area (TPSA) is 62.7 Å². The summed E-state index contributed by atoms with van der Waals surface area (Å²) in [6.45, 7) is 1.15. The third kappa shape index (κ3) is 1.84. The van der Waals surface area contributed by atoms with E-state index < -0.39 is 0 Å². The summed E-state index contributed by atoms with van der Waals surface area (Å²) in [5.74, 6) is -0.239. The second kappa shape index (κ2) is 4.57. The zero-order valence-electron chi connectivity index (χ0n) is 10.1. The van der Waals surface area contributed by atoms with Crippen molar-refractivity contribution >= 4 is 5.91 Å². The van der Waals surface area contributed by atoms with Crippen molar-refractivity contribution in [2.45, 2.75) is 31.4 Å². The van der Waals surface area contributed by atoms with Crippen LogP contribution in [0.4, 0.5) is 0 Å². The van der Waals surface area contributed by atoms with Gasteiger partial charge in [0.25, 0.3) is 5.91 Å². The fraction of sp³-hybridized carbons (Fsp3) is 0.538. The molecule has 3 rings (SSSR count). The number of aromatic nitrogens is 1. The van der Waals surface area contributed by atoms with Crippen molar-refractivity contribution < 1.29 is 14.6 Å². The lowest BCUT2D eigenvalue weighted by Crippen LogP contribution is -2.51. The summed E-state index contributed by atoms with van der Waals surface area (Å²) in [4.78, 5) is 18.2. The van der Waals surface area contributed by atoms with Gasteiger partial charge in [-0.15, -0.1) is 0 Å². The SMILES string of the molecule is O=C(c1ncccc1O)N1CCOC2CCCC21. The molecule has 1 aliphatic carbocycles. The Bertz CT molecular complexity index is 463. The molecule has 2 aliphatic rings. The van der Waals surface area contributed by atoms with Crippen LogP contribution >= 0.6 is 0 Å². The first-order chi connectivity index (χ1) is 8.77. The zero-order valence-corrected chi connectivity index (χ0v) is 10.1. The molecule has 1 amide bonds. The van der Waals surface area contributed by atoms with Gasteiger partial charge in [-0.1, -0.05) is 0 Å². The van der Waals surface area contributed by atoms with Gasteiger partial charge in [0.2, 0.25) is 0 Å². The summed E-state index contributed by atoms with van der Waals surface area (Å²) in [6, 6.07) is 3.25. The van der Waals surface area contributed by atoms with Crippen molar-refractivity contribution in [3.8, 4) is 5.75 Å². The van der Waals surface area contributed by atoms with Crippen LogP contribution in [0.1, 0.15) is 29.8 Å². The summed E-state index contributed by atoms with van der Waals surface area (Å²) in [6.07, 6.45) is 4.77. The summed E-state index contributed by atoms with van der Waals surface area (Å²) >= 11 is 0. The van der Waals surface area contributed by atoms with E-state index in [0.717, 1.165) is 19.3 Å². The van der Waals surface area contributed by atoms with Crippen molar-refractivity contribution in [3.63, 3.8) is 0 Å². The highest BCUT2D eigenvalue weighted by Crippen LogP contribution is 2.31. The van der Waals surface area contributed by atoms with Gasteiger partial charge in [-0.3, -0.25) is 4.79 Å². The Labute approximate surface area is 105 Å². The van der Waals surface area contributed by atoms with Gasteiger partial charge in [-0.05, 0) is 31.4 Å². The molecule has 5 nitrogen and oxygen atoms in total. The molecule has 18 heavy (non-hydrogen) atoms. The lowest BCUT2D eigenvalue weighted by Gasteiger charge is -2.37. The number of carbonyl (C=O) groups excluding carboxylic acids is 1. The Balaban J connectivity index is 1.86. The molecule has 0 radical (unpaired) electrons. The second-order valence-electron chi connectivity index (χ2n) is 4.78. The first-order valence-electron chi connectivity index (χ1n) is 6.34. The van der Waals surface area contributed by atoms with Gasteiger partial charge in [0.1, 0.15) is 5.75 Å². The van der Waals surface area contributed by atoms with E-state index in [4.69, 9.17) is 4.74 Å². The zero-order chi connectivity index (χ0) is 12.5. The van der Waals surface area contributed by atoms with Gasteiger partial charge in [0, 0.05) is 12.7 Å². The number of carbonyl (C=O) groups is 1. The average molecular weight is 248 g/mol. The van der Waals surface area contributed by atoms with Crippen LogP contribution in [0, 0.1) is 0 Å². The van der Waals surface area contributed by atoms with E-state index in [2.05, 4.69) is 4.98 Å². The number of morpholine rings is 1. The molecule has 2 heterocycles. The second-order valence-corrected chi connectivity index (χ2v) is 4.78. The number of hydrogen-bond donors (Lipinski definition) is 1. The lowest BCUT2D eigenvalue weighted by molar-refractivity contribution is -0.0448. The number of aromatic hydroxyl groups is 1. The molecule has 1 aliphatic heterocycles. The monoisotopic (exact) mass is 248 g/mol. The van der Waals surface area contributed by atoms with Crippen molar-refractivity contribution in [2.24, 2.45) is 0 Å². The number of pyridine rings is 1. The Morgan fingerprint density at radius 3 is 3.22 bits per heavy atom. The van der Waals surface area contributed by atoms with Crippen molar-refractivity contribution in [2.75, 3.05) is 13.2 Å². The largest absolute Gasteiger partial charge is 0.505 e. The molecule has 96 valence electrons. The molecule has 1 N–H and O–H groups in total. The summed E-state index contributed by atoms with van der Waals surface area (Å²) in [5, 5.41) is 9.71. The number of ether oxygens (including phenoxy) is 1. The van der Waals surface area contributed by atoms with E-state index in [1.807, 2.05) is 4.90 Å². The molecule has 0 spiro atoms. The minimum Gasteiger partial charge on any atom is -0.505 e. The van der Waals surface area contributed by atoms with Gasteiger partial charge in [0.05, 0.1) is 18.8 Å². The third-order valence-corrected chi connectivity index (χ3v) is 3.73. The van der Waals surface area contributed by atoms with Crippen LogP contribution < -0.4 is 0 Å². The van der Waals surface area contributed by atoms with Gasteiger partial charge < -0.3 is 14.7 Å². The standard InChI is InChI=1S/C13H16N2O3/c16-10-4-2-6-14-12(10)13(17)15-7-8-18-11-5-1-3-9(11)15/h2,4,6,9,11,16H,1,3,5,7-8H2. The highest BCUT2D eigenvalue weighted by atomic mass is 16.5. The lowest BCUT2D eigenvalue weighted by atomic mass is 10.1. The summed E-state index contributed by atoms with van der Waals surface area (Å²) < 4.78 is 5.67. The molecule has 1 aromatic heterocycles. The maximum absolute atomic E-state index is 12.4. The van der Waals surface area contributed by atoms with Crippen molar-refractivity contribution in [1.82, 2.24) is 9.88 Å². The summed E-state index contributed by atoms with van der Waals surface area (Å²) in [7, 11) is 0. The quantitative estimate of drug-likeness (QED) is 0.810. The minimum absolute atomic E-state index is 0.0523. The number of fused-ring (bicyclic) bond motifs is 1. The normalized spacial score (nSPS) is 27.0. The number of amides is 1. The van der Waals surface area contributed by atoms with Crippen LogP contribution in [-0.4, -0.2) is 46.2 Å². The maximum Gasteiger partial charge on any atom is 0.276 e. The highest BCUT2D eigenvalue weighted by molar-refractivity contribution is 5.95. The van der Waals surface area contributed by atoms with Crippen LogP contribution in [0.3, 0.4) is 0 Å². The Hall–Kier alpha value is -1.62.